The van der Waals surface area contributed by atoms with Gasteiger partial charge >= 0.3 is 5.97 Å². The monoisotopic (exact) mass is 820 g/mol. The number of hydrogen-bond acceptors (Lipinski definition) is 5. The third-order valence-corrected chi connectivity index (χ3v) is 12.1. The number of aliphatic hydroxyl groups is 2. The van der Waals surface area contributed by atoms with E-state index in [4.69, 9.17) is 4.74 Å². The Morgan fingerprint density at radius 1 is 0.466 bits per heavy atom. The van der Waals surface area contributed by atoms with Gasteiger partial charge in [0.15, 0.2) is 0 Å². The van der Waals surface area contributed by atoms with Crippen LogP contribution >= 0.6 is 0 Å². The minimum atomic E-state index is -0.843. The molecule has 0 bridgehead atoms. The number of nitrogens with one attached hydrogen (secondary N) is 1. The maximum atomic E-state index is 12.4. The number of esters is 1. The fraction of sp³-hybridized carbons (Fsp3) is 0.923. The van der Waals surface area contributed by atoms with E-state index in [1.54, 1.807) is 6.08 Å². The minimum Gasteiger partial charge on any atom is -0.466 e. The van der Waals surface area contributed by atoms with Crippen LogP contribution in [0.3, 0.4) is 0 Å². The summed E-state index contributed by atoms with van der Waals surface area (Å²) in [6, 6.07) is -0.627. The molecule has 0 aliphatic rings. The average molecular weight is 820 g/mol. The van der Waals surface area contributed by atoms with Crippen molar-refractivity contribution in [3.05, 3.63) is 12.2 Å². The summed E-state index contributed by atoms with van der Waals surface area (Å²) < 4.78 is 5.46. The number of hydrogen-bond donors (Lipinski definition) is 3. The Bertz CT molecular complexity index is 863. The zero-order chi connectivity index (χ0) is 42.3. The summed E-state index contributed by atoms with van der Waals surface area (Å²) in [6.07, 6.45) is 55.0. The standard InChI is InChI=1S/C52H101NO5/c1-3-5-7-9-11-13-15-26-30-34-38-42-46-52(57)58-47-43-39-35-31-27-24-22-20-18-16-17-19-21-23-25-29-33-37-41-45-51(56)53-49(48-54)50(55)44-40-36-32-28-14-12-10-8-6-4-2/h40,44,49-50,54-55H,3-39,41-43,45-48H2,1-2H3,(H,53,56)/b44-40+. The first-order chi connectivity index (χ1) is 28.5. The number of unbranched alkanes of at least 4 members (excludes halogenated alkanes) is 37. The van der Waals surface area contributed by atoms with E-state index < -0.39 is 12.1 Å². The molecule has 58 heavy (non-hydrogen) atoms. The Kier molecular flexibility index (Phi) is 47.1. The van der Waals surface area contributed by atoms with Crippen LogP contribution in [-0.4, -0.2) is 47.4 Å². The third kappa shape index (κ3) is 44.2. The van der Waals surface area contributed by atoms with E-state index in [1.807, 2.05) is 6.08 Å². The first-order valence-electron chi connectivity index (χ1n) is 26.0. The highest BCUT2D eigenvalue weighted by atomic mass is 16.5. The number of carbonyl (C=O) groups excluding carboxylic acids is 2. The maximum absolute atomic E-state index is 12.4. The van der Waals surface area contributed by atoms with Gasteiger partial charge in [0, 0.05) is 12.8 Å². The van der Waals surface area contributed by atoms with Crippen molar-refractivity contribution in [3.63, 3.8) is 0 Å². The second kappa shape index (κ2) is 48.3. The van der Waals surface area contributed by atoms with Crippen LogP contribution in [0.4, 0.5) is 0 Å². The van der Waals surface area contributed by atoms with Crippen LogP contribution in [-0.2, 0) is 14.3 Å². The summed E-state index contributed by atoms with van der Waals surface area (Å²) in [7, 11) is 0. The molecule has 2 unspecified atom stereocenters. The van der Waals surface area contributed by atoms with E-state index in [1.165, 1.54) is 218 Å². The molecule has 0 saturated carbocycles. The van der Waals surface area contributed by atoms with Gasteiger partial charge in [-0.2, -0.15) is 0 Å². The SMILES string of the molecule is CCCCCCCCCC/C=C/C(O)C(CO)NC(=O)CCCCCCCCCCCCCCCCCCCCCOC(=O)CCCCCCCCCCCCCC. The van der Waals surface area contributed by atoms with Crippen molar-refractivity contribution in [2.45, 2.75) is 296 Å². The lowest BCUT2D eigenvalue weighted by Gasteiger charge is -2.20. The molecule has 0 aromatic rings. The van der Waals surface area contributed by atoms with Gasteiger partial charge in [0.2, 0.25) is 5.91 Å². The molecule has 0 aliphatic carbocycles. The average Bonchev–Trinajstić information content (AvgIpc) is 3.22. The number of allylic oxidation sites excluding steroid dienone is 1. The van der Waals surface area contributed by atoms with Gasteiger partial charge in [-0.05, 0) is 32.1 Å². The molecule has 6 nitrogen and oxygen atoms in total. The topological polar surface area (TPSA) is 95.9 Å². The molecular weight excluding hydrogens is 719 g/mol. The fourth-order valence-corrected chi connectivity index (χ4v) is 8.05. The van der Waals surface area contributed by atoms with Crippen molar-refractivity contribution in [1.82, 2.24) is 5.32 Å². The molecule has 3 N–H and O–H groups in total. The molecule has 0 aromatic heterocycles. The lowest BCUT2D eigenvalue weighted by atomic mass is 10.0. The summed E-state index contributed by atoms with van der Waals surface area (Å²) in [6.45, 7) is 4.88. The summed E-state index contributed by atoms with van der Waals surface area (Å²) in [5.74, 6) is -0.0634. The minimum absolute atomic E-state index is 0.00879. The molecule has 344 valence electrons. The highest BCUT2D eigenvalue weighted by Crippen LogP contribution is 2.16. The van der Waals surface area contributed by atoms with Crippen molar-refractivity contribution in [1.29, 1.82) is 0 Å². The van der Waals surface area contributed by atoms with E-state index in [0.29, 0.717) is 19.4 Å². The van der Waals surface area contributed by atoms with Crippen LogP contribution in [0.2, 0.25) is 0 Å². The molecule has 1 amide bonds. The molecule has 0 heterocycles. The van der Waals surface area contributed by atoms with Crippen molar-refractivity contribution in [3.8, 4) is 0 Å². The number of ether oxygens (including phenoxy) is 1. The Balaban J connectivity index is 3.39. The Hall–Kier alpha value is -1.40. The summed E-state index contributed by atoms with van der Waals surface area (Å²) in [4.78, 5) is 24.4. The van der Waals surface area contributed by atoms with E-state index in [0.717, 1.165) is 38.5 Å². The quantitative estimate of drug-likeness (QED) is 0.0323. The normalized spacial score (nSPS) is 12.7. The van der Waals surface area contributed by atoms with Gasteiger partial charge < -0.3 is 20.3 Å². The Morgan fingerprint density at radius 3 is 1.17 bits per heavy atom. The molecule has 0 saturated heterocycles. The molecule has 6 heteroatoms. The third-order valence-electron chi connectivity index (χ3n) is 12.1. The largest absolute Gasteiger partial charge is 0.466 e. The zero-order valence-electron chi connectivity index (χ0n) is 39.0. The molecule has 0 aromatic carbocycles. The van der Waals surface area contributed by atoms with Gasteiger partial charge in [-0.1, -0.05) is 251 Å². The fourth-order valence-electron chi connectivity index (χ4n) is 8.05. The van der Waals surface area contributed by atoms with Gasteiger partial charge in [0.1, 0.15) is 0 Å². The summed E-state index contributed by atoms with van der Waals surface area (Å²) >= 11 is 0. The van der Waals surface area contributed by atoms with Gasteiger partial charge in [-0.3, -0.25) is 9.59 Å². The van der Waals surface area contributed by atoms with Crippen LogP contribution in [0.25, 0.3) is 0 Å². The molecule has 0 rings (SSSR count). The maximum Gasteiger partial charge on any atom is 0.305 e. The summed E-state index contributed by atoms with van der Waals surface area (Å²) in [5.41, 5.74) is 0. The summed E-state index contributed by atoms with van der Waals surface area (Å²) in [5, 5.41) is 22.9. The van der Waals surface area contributed by atoms with Crippen molar-refractivity contribution >= 4 is 11.9 Å². The number of amides is 1. The van der Waals surface area contributed by atoms with Crippen molar-refractivity contribution in [2.24, 2.45) is 0 Å². The van der Waals surface area contributed by atoms with E-state index in [-0.39, 0.29) is 18.5 Å². The Labute approximate surface area is 361 Å². The molecule has 0 radical (unpaired) electrons. The van der Waals surface area contributed by atoms with E-state index >= 15 is 0 Å². The highest BCUT2D eigenvalue weighted by molar-refractivity contribution is 5.76. The number of carbonyl (C=O) groups is 2. The van der Waals surface area contributed by atoms with E-state index in [2.05, 4.69) is 19.2 Å². The van der Waals surface area contributed by atoms with Crippen molar-refractivity contribution in [2.75, 3.05) is 13.2 Å². The van der Waals surface area contributed by atoms with Crippen LogP contribution in [0.1, 0.15) is 284 Å². The van der Waals surface area contributed by atoms with Gasteiger partial charge in [-0.15, -0.1) is 0 Å². The van der Waals surface area contributed by atoms with Crippen LogP contribution < -0.4 is 5.32 Å². The molecule has 0 fully saturated rings. The van der Waals surface area contributed by atoms with Gasteiger partial charge in [-0.25, -0.2) is 0 Å². The first-order valence-corrected chi connectivity index (χ1v) is 26.0. The van der Waals surface area contributed by atoms with Crippen LogP contribution in [0.15, 0.2) is 12.2 Å². The van der Waals surface area contributed by atoms with Gasteiger partial charge in [0.25, 0.3) is 0 Å². The first kappa shape index (κ1) is 56.6. The van der Waals surface area contributed by atoms with E-state index in [9.17, 15) is 19.8 Å². The lowest BCUT2D eigenvalue weighted by Crippen LogP contribution is -2.45. The number of aliphatic hydroxyl groups excluding tert-OH is 2. The molecule has 2 atom stereocenters. The molecule has 0 spiro atoms. The lowest BCUT2D eigenvalue weighted by molar-refractivity contribution is -0.143. The second-order valence-electron chi connectivity index (χ2n) is 17.9. The molecular formula is C52H101NO5. The molecule has 0 aliphatic heterocycles. The Morgan fingerprint density at radius 2 is 0.793 bits per heavy atom. The number of rotatable bonds is 48. The second-order valence-corrected chi connectivity index (χ2v) is 17.9. The predicted molar refractivity (Wildman–Crippen MR) is 250 cm³/mol. The zero-order valence-corrected chi connectivity index (χ0v) is 39.0. The van der Waals surface area contributed by atoms with Crippen LogP contribution in [0, 0.1) is 0 Å². The smallest absolute Gasteiger partial charge is 0.305 e. The van der Waals surface area contributed by atoms with Gasteiger partial charge in [0.05, 0.1) is 25.4 Å². The van der Waals surface area contributed by atoms with Crippen molar-refractivity contribution < 1.29 is 24.5 Å². The highest BCUT2D eigenvalue weighted by Gasteiger charge is 2.18. The predicted octanol–water partition coefficient (Wildman–Crippen LogP) is 15.3. The van der Waals surface area contributed by atoms with Crippen LogP contribution in [0.5, 0.6) is 0 Å².